The summed E-state index contributed by atoms with van der Waals surface area (Å²) in [4.78, 5) is 9.67. The summed E-state index contributed by atoms with van der Waals surface area (Å²) in [5.41, 5.74) is -0.700. The van der Waals surface area contributed by atoms with Crippen molar-refractivity contribution in [2.24, 2.45) is 0 Å². The van der Waals surface area contributed by atoms with Crippen LogP contribution in [0, 0.1) is 21.7 Å². The van der Waals surface area contributed by atoms with Crippen LogP contribution in [0.4, 0.5) is 14.5 Å². The highest BCUT2D eigenvalue weighted by Gasteiger charge is 2.17. The summed E-state index contributed by atoms with van der Waals surface area (Å²) >= 11 is 0. The van der Waals surface area contributed by atoms with Gasteiger partial charge >= 0.3 is 5.69 Å². The first-order valence-corrected chi connectivity index (χ1v) is 5.96. The lowest BCUT2D eigenvalue weighted by Crippen LogP contribution is -2.21. The second-order valence-electron chi connectivity index (χ2n) is 3.93. The fourth-order valence-corrected chi connectivity index (χ4v) is 1.47. The lowest BCUT2D eigenvalue weighted by Gasteiger charge is -2.07. The third-order valence-corrected chi connectivity index (χ3v) is 2.48. The Morgan fingerprint density at radius 2 is 2.00 bits per heavy atom. The van der Waals surface area contributed by atoms with Gasteiger partial charge in [0.25, 0.3) is 0 Å². The zero-order valence-corrected chi connectivity index (χ0v) is 11.0. The minimum atomic E-state index is -1.18. The van der Waals surface area contributed by atoms with Crippen LogP contribution in [-0.2, 0) is 16.0 Å². The van der Waals surface area contributed by atoms with Crippen molar-refractivity contribution in [3.8, 4) is 0 Å². The number of methoxy groups -OCH3 is 1. The second kappa shape index (κ2) is 8.51. The molecule has 1 rings (SSSR count). The van der Waals surface area contributed by atoms with Crippen LogP contribution in [-0.4, -0.2) is 38.4 Å². The molecule has 0 aliphatic rings. The minimum absolute atomic E-state index is 0.0370. The lowest BCUT2D eigenvalue weighted by atomic mass is 10.2. The molecule has 0 atom stereocenters. The first-order chi connectivity index (χ1) is 9.56. The quantitative estimate of drug-likeness (QED) is 0.425. The average Bonchev–Trinajstić information content (AvgIpc) is 2.39. The molecule has 0 unspecified atom stereocenters. The van der Waals surface area contributed by atoms with Gasteiger partial charge in [0.2, 0.25) is 5.82 Å². The van der Waals surface area contributed by atoms with Crippen molar-refractivity contribution in [1.82, 2.24) is 5.32 Å². The molecular weight excluding hydrogens is 274 g/mol. The molecular formula is C12H16F2N2O4. The van der Waals surface area contributed by atoms with Crippen molar-refractivity contribution >= 4 is 5.69 Å². The maximum atomic E-state index is 13.4. The van der Waals surface area contributed by atoms with Gasteiger partial charge in [-0.2, -0.15) is 4.39 Å². The topological polar surface area (TPSA) is 73.6 Å². The van der Waals surface area contributed by atoms with E-state index in [2.05, 4.69) is 5.32 Å². The van der Waals surface area contributed by atoms with Crippen LogP contribution >= 0.6 is 0 Å². The van der Waals surface area contributed by atoms with Gasteiger partial charge in [0.1, 0.15) is 5.82 Å². The summed E-state index contributed by atoms with van der Waals surface area (Å²) in [7, 11) is 1.56. The Kier molecular flexibility index (Phi) is 6.99. The maximum absolute atomic E-state index is 13.4. The summed E-state index contributed by atoms with van der Waals surface area (Å²) in [6, 6.07) is 1.41. The van der Waals surface area contributed by atoms with E-state index >= 15 is 0 Å². The zero-order chi connectivity index (χ0) is 15.0. The van der Waals surface area contributed by atoms with Gasteiger partial charge in [0, 0.05) is 37.9 Å². The van der Waals surface area contributed by atoms with Crippen molar-refractivity contribution in [2.45, 2.75) is 6.54 Å². The van der Waals surface area contributed by atoms with E-state index in [0.29, 0.717) is 32.4 Å². The molecule has 1 aromatic carbocycles. The third-order valence-electron chi connectivity index (χ3n) is 2.48. The van der Waals surface area contributed by atoms with E-state index in [9.17, 15) is 18.9 Å². The summed E-state index contributed by atoms with van der Waals surface area (Å²) in [6.07, 6.45) is 0. The molecule has 0 spiro atoms. The van der Waals surface area contributed by atoms with Crippen LogP contribution in [0.2, 0.25) is 0 Å². The summed E-state index contributed by atoms with van der Waals surface area (Å²) < 4.78 is 36.5. The van der Waals surface area contributed by atoms with Crippen LogP contribution < -0.4 is 5.32 Å². The summed E-state index contributed by atoms with van der Waals surface area (Å²) in [5, 5.41) is 13.4. The van der Waals surface area contributed by atoms with Gasteiger partial charge in [-0.15, -0.1) is 0 Å². The molecule has 0 saturated carbocycles. The lowest BCUT2D eigenvalue weighted by molar-refractivity contribution is -0.387. The van der Waals surface area contributed by atoms with Gasteiger partial charge in [-0.1, -0.05) is 0 Å². The molecule has 20 heavy (non-hydrogen) atoms. The van der Waals surface area contributed by atoms with Crippen molar-refractivity contribution in [1.29, 1.82) is 0 Å². The van der Waals surface area contributed by atoms with Crippen LogP contribution in [0.15, 0.2) is 12.1 Å². The smallest absolute Gasteiger partial charge is 0.305 e. The zero-order valence-electron chi connectivity index (χ0n) is 11.0. The summed E-state index contributed by atoms with van der Waals surface area (Å²) in [6.45, 7) is 1.83. The number of hydrogen-bond acceptors (Lipinski definition) is 5. The van der Waals surface area contributed by atoms with Crippen molar-refractivity contribution in [2.75, 3.05) is 33.5 Å². The van der Waals surface area contributed by atoms with Gasteiger partial charge in [-0.05, 0) is 0 Å². The van der Waals surface area contributed by atoms with Gasteiger partial charge < -0.3 is 14.8 Å². The monoisotopic (exact) mass is 290 g/mol. The number of nitrogens with zero attached hydrogens (tertiary/aromatic N) is 1. The van der Waals surface area contributed by atoms with Crippen LogP contribution in [0.5, 0.6) is 0 Å². The standard InChI is InChI=1S/C12H16F2N2O4/c1-19-4-5-20-3-2-15-8-9-6-12(16(17)18)11(14)7-10(9)13/h6-7,15H,2-5,8H2,1H3. The Morgan fingerprint density at radius 3 is 2.65 bits per heavy atom. The molecule has 0 aromatic heterocycles. The highest BCUT2D eigenvalue weighted by Crippen LogP contribution is 2.21. The molecule has 1 aromatic rings. The molecule has 6 nitrogen and oxygen atoms in total. The number of nitro benzene ring substituents is 1. The predicted octanol–water partition coefficient (Wildman–Crippen LogP) is 1.63. The van der Waals surface area contributed by atoms with Gasteiger partial charge in [0.15, 0.2) is 0 Å². The van der Waals surface area contributed by atoms with Crippen LogP contribution in [0.3, 0.4) is 0 Å². The summed E-state index contributed by atoms with van der Waals surface area (Å²) in [5.74, 6) is -2.00. The first kappa shape index (κ1) is 16.4. The molecule has 0 radical (unpaired) electrons. The number of hydrogen-bond donors (Lipinski definition) is 1. The molecule has 0 amide bonds. The largest absolute Gasteiger partial charge is 0.382 e. The highest BCUT2D eigenvalue weighted by molar-refractivity contribution is 5.37. The normalized spacial score (nSPS) is 10.8. The SMILES string of the molecule is COCCOCCNCc1cc([N+](=O)[O-])c(F)cc1F. The number of ether oxygens (including phenoxy) is 2. The van der Waals surface area contributed by atoms with Gasteiger partial charge in [0.05, 0.1) is 24.7 Å². The number of nitro groups is 1. The Morgan fingerprint density at radius 1 is 1.25 bits per heavy atom. The molecule has 112 valence electrons. The van der Waals surface area contributed by atoms with E-state index in [0.717, 1.165) is 6.07 Å². The first-order valence-electron chi connectivity index (χ1n) is 5.96. The molecule has 0 saturated heterocycles. The second-order valence-corrected chi connectivity index (χ2v) is 3.93. The number of benzene rings is 1. The molecule has 1 N–H and O–H groups in total. The van der Waals surface area contributed by atoms with Gasteiger partial charge in [-0.25, -0.2) is 4.39 Å². The minimum Gasteiger partial charge on any atom is -0.382 e. The number of rotatable bonds is 9. The van der Waals surface area contributed by atoms with E-state index in [1.54, 1.807) is 7.11 Å². The van der Waals surface area contributed by atoms with E-state index in [4.69, 9.17) is 9.47 Å². The molecule has 8 heteroatoms. The number of nitrogens with one attached hydrogen (secondary N) is 1. The number of halogens is 2. The fraction of sp³-hybridized carbons (Fsp3) is 0.500. The van der Waals surface area contributed by atoms with Crippen molar-refractivity contribution in [3.63, 3.8) is 0 Å². The molecule has 0 heterocycles. The maximum Gasteiger partial charge on any atom is 0.305 e. The highest BCUT2D eigenvalue weighted by atomic mass is 19.1. The van der Waals surface area contributed by atoms with Crippen molar-refractivity contribution in [3.05, 3.63) is 39.4 Å². The van der Waals surface area contributed by atoms with E-state index in [1.807, 2.05) is 0 Å². The molecule has 0 aliphatic carbocycles. The average molecular weight is 290 g/mol. The Bertz CT molecular complexity index is 457. The van der Waals surface area contributed by atoms with Crippen LogP contribution in [0.25, 0.3) is 0 Å². The predicted molar refractivity (Wildman–Crippen MR) is 67.4 cm³/mol. The van der Waals surface area contributed by atoms with Gasteiger partial charge in [-0.3, -0.25) is 10.1 Å². The fourth-order valence-electron chi connectivity index (χ4n) is 1.47. The molecule has 0 fully saturated rings. The molecule has 0 aliphatic heterocycles. The Labute approximate surface area is 114 Å². The van der Waals surface area contributed by atoms with Crippen LogP contribution in [0.1, 0.15) is 5.56 Å². The van der Waals surface area contributed by atoms with Crippen molar-refractivity contribution < 1.29 is 23.2 Å². The van der Waals surface area contributed by atoms with E-state index < -0.39 is 22.2 Å². The van der Waals surface area contributed by atoms with E-state index in [1.165, 1.54) is 0 Å². The molecule has 0 bridgehead atoms. The Hall–Kier alpha value is -1.64. The Balaban J connectivity index is 2.44. The van der Waals surface area contributed by atoms with E-state index in [-0.39, 0.29) is 12.1 Å². The third kappa shape index (κ3) is 5.16.